The van der Waals surface area contributed by atoms with Gasteiger partial charge in [-0.25, -0.2) is 5.43 Å². The second-order valence-corrected chi connectivity index (χ2v) is 9.33. The Kier molecular flexibility index (Phi) is 9.62. The number of hydrogen-bond acceptors (Lipinski definition) is 9. The van der Waals surface area contributed by atoms with Gasteiger partial charge in [0.25, 0.3) is 5.91 Å². The third kappa shape index (κ3) is 7.53. The fraction of sp³-hybridized carbons (Fsp3) is 0.185. The molecule has 40 heavy (non-hydrogen) atoms. The summed E-state index contributed by atoms with van der Waals surface area (Å²) < 4.78 is 27.4. The summed E-state index contributed by atoms with van der Waals surface area (Å²) in [6, 6.07) is 15.5. The number of amides is 3. The molecule has 0 unspecified atom stereocenters. The molecule has 0 fully saturated rings. The molecule has 0 atom stereocenters. The lowest BCUT2D eigenvalue weighted by Gasteiger charge is -2.13. The first-order valence-corrected chi connectivity index (χ1v) is 12.9. The van der Waals surface area contributed by atoms with Crippen LogP contribution < -0.4 is 39.7 Å². The van der Waals surface area contributed by atoms with E-state index in [0.717, 1.165) is 5.56 Å². The molecule has 1 aliphatic heterocycles. The molecule has 0 aromatic heterocycles. The van der Waals surface area contributed by atoms with E-state index >= 15 is 0 Å². The first-order valence-electron chi connectivity index (χ1n) is 11.8. The largest absolute Gasteiger partial charge is 0.497 e. The van der Waals surface area contributed by atoms with E-state index in [1.807, 2.05) is 22.6 Å². The number of hydrogen-bond donors (Lipinski definition) is 3. The lowest BCUT2D eigenvalue weighted by atomic mass is 10.2. The van der Waals surface area contributed by atoms with Gasteiger partial charge in [0.2, 0.25) is 6.79 Å². The maximum atomic E-state index is 12.3. The maximum absolute atomic E-state index is 12.3. The van der Waals surface area contributed by atoms with Crippen molar-refractivity contribution in [2.24, 2.45) is 5.10 Å². The van der Waals surface area contributed by atoms with Crippen LogP contribution in [0, 0.1) is 3.57 Å². The number of ether oxygens (including phenoxy) is 5. The van der Waals surface area contributed by atoms with Gasteiger partial charge in [-0.3, -0.25) is 14.4 Å². The number of halogens is 1. The molecule has 0 aliphatic carbocycles. The number of carbonyl (C=O) groups is 3. The van der Waals surface area contributed by atoms with E-state index in [9.17, 15) is 14.4 Å². The van der Waals surface area contributed by atoms with Gasteiger partial charge in [-0.2, -0.15) is 5.10 Å². The summed E-state index contributed by atoms with van der Waals surface area (Å²) in [4.78, 5) is 36.6. The molecule has 0 spiro atoms. The first kappa shape index (κ1) is 28.5. The van der Waals surface area contributed by atoms with E-state index in [2.05, 4.69) is 21.2 Å². The lowest BCUT2D eigenvalue weighted by Crippen LogP contribution is -2.37. The Hall–Kier alpha value is -4.53. The van der Waals surface area contributed by atoms with Gasteiger partial charge < -0.3 is 34.3 Å². The van der Waals surface area contributed by atoms with Crippen molar-refractivity contribution in [3.05, 3.63) is 69.3 Å². The number of anilines is 1. The van der Waals surface area contributed by atoms with Gasteiger partial charge in [0.05, 0.1) is 24.0 Å². The highest BCUT2D eigenvalue weighted by molar-refractivity contribution is 14.1. The highest BCUT2D eigenvalue weighted by Gasteiger charge is 2.16. The van der Waals surface area contributed by atoms with Crippen LogP contribution in [0.2, 0.25) is 0 Å². The zero-order valence-corrected chi connectivity index (χ0v) is 23.6. The van der Waals surface area contributed by atoms with Crippen molar-refractivity contribution in [3.8, 4) is 28.7 Å². The van der Waals surface area contributed by atoms with Crippen molar-refractivity contribution in [2.75, 3.05) is 32.9 Å². The van der Waals surface area contributed by atoms with Gasteiger partial charge >= 0.3 is 11.8 Å². The van der Waals surface area contributed by atoms with E-state index in [1.54, 1.807) is 61.7 Å². The number of hydrazone groups is 1. The molecular formula is C27H25IN4O8. The van der Waals surface area contributed by atoms with Gasteiger partial charge in [0, 0.05) is 12.2 Å². The molecule has 0 saturated heterocycles. The van der Waals surface area contributed by atoms with E-state index in [1.165, 1.54) is 13.3 Å². The van der Waals surface area contributed by atoms with Crippen LogP contribution in [0.3, 0.4) is 0 Å². The van der Waals surface area contributed by atoms with Crippen LogP contribution in [0.25, 0.3) is 0 Å². The zero-order chi connectivity index (χ0) is 28.5. The standard InChI is InChI=1S/C27H25IN4O8/c1-36-19-6-4-18(5-7-19)31-24(33)14-38-25-20(28)9-17(11-23(25)37-2)13-30-32-27(35)26(34)29-12-16-3-8-21-22(10-16)40-15-39-21/h3-11,13H,12,14-15H2,1-2H3,(H,29,34)(H,31,33)(H,32,35)/b30-13-. The Bertz CT molecular complexity index is 1430. The molecule has 3 aromatic rings. The Morgan fingerprint density at radius 1 is 0.975 bits per heavy atom. The van der Waals surface area contributed by atoms with Gasteiger partial charge in [-0.15, -0.1) is 0 Å². The average Bonchev–Trinajstić information content (AvgIpc) is 3.43. The van der Waals surface area contributed by atoms with Crippen molar-refractivity contribution >= 4 is 52.2 Å². The Morgan fingerprint density at radius 3 is 2.50 bits per heavy atom. The topological polar surface area (TPSA) is 146 Å². The van der Waals surface area contributed by atoms with Gasteiger partial charge in [0.1, 0.15) is 5.75 Å². The van der Waals surface area contributed by atoms with E-state index < -0.39 is 11.8 Å². The molecule has 3 N–H and O–H groups in total. The fourth-order valence-corrected chi connectivity index (χ4v) is 4.27. The van der Waals surface area contributed by atoms with Crippen molar-refractivity contribution in [1.82, 2.24) is 10.7 Å². The summed E-state index contributed by atoms with van der Waals surface area (Å²) in [6.45, 7) is 0.0274. The predicted molar refractivity (Wildman–Crippen MR) is 153 cm³/mol. The average molecular weight is 660 g/mol. The minimum absolute atomic E-state index is 0.127. The smallest absolute Gasteiger partial charge is 0.329 e. The number of methoxy groups -OCH3 is 2. The summed E-state index contributed by atoms with van der Waals surface area (Å²) in [7, 11) is 3.02. The summed E-state index contributed by atoms with van der Waals surface area (Å²) in [5, 5.41) is 9.11. The predicted octanol–water partition coefficient (Wildman–Crippen LogP) is 2.82. The Morgan fingerprint density at radius 2 is 1.75 bits per heavy atom. The molecule has 1 heterocycles. The number of carbonyl (C=O) groups excluding carboxylic acids is 3. The van der Waals surface area contributed by atoms with E-state index in [0.29, 0.717) is 43.6 Å². The number of nitrogens with zero attached hydrogens (tertiary/aromatic N) is 1. The molecule has 0 radical (unpaired) electrons. The Balaban J connectivity index is 1.27. The second kappa shape index (κ2) is 13.5. The summed E-state index contributed by atoms with van der Waals surface area (Å²) in [6.07, 6.45) is 1.36. The third-order valence-corrected chi connectivity index (χ3v) is 6.25. The van der Waals surface area contributed by atoms with Crippen LogP contribution in [0.5, 0.6) is 28.7 Å². The molecule has 1 aliphatic rings. The number of fused-ring (bicyclic) bond motifs is 1. The van der Waals surface area contributed by atoms with Crippen molar-refractivity contribution < 1.29 is 38.1 Å². The highest BCUT2D eigenvalue weighted by Crippen LogP contribution is 2.34. The second-order valence-electron chi connectivity index (χ2n) is 8.17. The minimum Gasteiger partial charge on any atom is -0.497 e. The van der Waals surface area contributed by atoms with E-state index in [-0.39, 0.29) is 25.9 Å². The van der Waals surface area contributed by atoms with Crippen LogP contribution in [0.1, 0.15) is 11.1 Å². The molecule has 12 nitrogen and oxygen atoms in total. The molecule has 0 bridgehead atoms. The van der Waals surface area contributed by atoms with Gasteiger partial charge in [0.15, 0.2) is 29.6 Å². The highest BCUT2D eigenvalue weighted by atomic mass is 127. The number of rotatable bonds is 10. The molecule has 3 amide bonds. The normalized spacial score (nSPS) is 11.6. The summed E-state index contributed by atoms with van der Waals surface area (Å²) >= 11 is 2.04. The summed E-state index contributed by atoms with van der Waals surface area (Å²) in [5.74, 6) is 0.490. The maximum Gasteiger partial charge on any atom is 0.329 e. The SMILES string of the molecule is COc1ccc(NC(=O)COc2c(I)cc(/C=N\NC(=O)C(=O)NCc3ccc4c(c3)OCO4)cc2OC)cc1. The molecule has 13 heteroatoms. The zero-order valence-electron chi connectivity index (χ0n) is 21.5. The van der Waals surface area contributed by atoms with Crippen LogP contribution >= 0.6 is 22.6 Å². The van der Waals surface area contributed by atoms with Gasteiger partial charge in [-0.1, -0.05) is 6.07 Å². The van der Waals surface area contributed by atoms with Crippen LogP contribution in [-0.4, -0.2) is 51.6 Å². The molecule has 0 saturated carbocycles. The van der Waals surface area contributed by atoms with Crippen LogP contribution in [-0.2, 0) is 20.9 Å². The van der Waals surface area contributed by atoms with Gasteiger partial charge in [-0.05, 0) is 82.2 Å². The monoisotopic (exact) mass is 660 g/mol. The first-order chi connectivity index (χ1) is 19.4. The van der Waals surface area contributed by atoms with Crippen LogP contribution in [0.4, 0.5) is 5.69 Å². The van der Waals surface area contributed by atoms with Crippen LogP contribution in [0.15, 0.2) is 59.7 Å². The Labute approximate surface area is 243 Å². The molecule has 3 aromatic carbocycles. The number of benzene rings is 3. The lowest BCUT2D eigenvalue weighted by molar-refractivity contribution is -0.139. The molecule has 4 rings (SSSR count). The molecule has 208 valence electrons. The fourth-order valence-electron chi connectivity index (χ4n) is 3.49. The molecular weight excluding hydrogens is 635 g/mol. The van der Waals surface area contributed by atoms with Crippen molar-refractivity contribution in [1.29, 1.82) is 0 Å². The van der Waals surface area contributed by atoms with Crippen molar-refractivity contribution in [2.45, 2.75) is 6.54 Å². The third-order valence-electron chi connectivity index (χ3n) is 5.45. The van der Waals surface area contributed by atoms with Crippen molar-refractivity contribution in [3.63, 3.8) is 0 Å². The van der Waals surface area contributed by atoms with E-state index in [4.69, 9.17) is 23.7 Å². The number of nitrogens with one attached hydrogen (secondary N) is 3. The minimum atomic E-state index is -0.929. The summed E-state index contributed by atoms with van der Waals surface area (Å²) in [5.41, 5.74) is 4.11. The quantitative estimate of drug-likeness (QED) is 0.130.